The summed E-state index contributed by atoms with van der Waals surface area (Å²) in [6.45, 7) is 21.6. The van der Waals surface area contributed by atoms with E-state index in [0.717, 1.165) is 0 Å². The molecule has 13 heteroatoms. The lowest BCUT2D eigenvalue weighted by atomic mass is 10.1. The molecule has 1 aromatic heterocycles. The number of rotatable bonds is 7. The molecule has 0 aliphatic carbocycles. The minimum absolute atomic E-state index is 0.0368. The number of nitrogens with zero attached hydrogens (tertiary/aromatic N) is 1. The predicted octanol–water partition coefficient (Wildman–Crippen LogP) is 3.33. The first-order valence-electron chi connectivity index (χ1n) is 12.6. The monoisotopic (exact) mass is 573 g/mol. The number of nitrogens with one attached hydrogen (secondary N) is 2. The maximum atomic E-state index is 12.9. The summed E-state index contributed by atoms with van der Waals surface area (Å²) in [5, 5.41) is 13.0. The van der Waals surface area contributed by atoms with Gasteiger partial charge in [-0.2, -0.15) is 0 Å². The maximum Gasteiger partial charge on any atom is 0.330 e. The van der Waals surface area contributed by atoms with E-state index in [-0.39, 0.29) is 16.7 Å². The molecule has 0 bridgehead atoms. The Hall–Kier alpha value is -1.23. The molecule has 37 heavy (non-hydrogen) atoms. The van der Waals surface area contributed by atoms with Gasteiger partial charge in [-0.3, -0.25) is 24.5 Å². The Bertz CT molecular complexity index is 1120. The number of ether oxygens (including phenoxy) is 1. The van der Waals surface area contributed by atoms with Crippen molar-refractivity contribution >= 4 is 34.4 Å². The number of hydrogen-bond acceptors (Lipinski definition) is 8. The van der Waals surface area contributed by atoms with Crippen LogP contribution >= 0.6 is 11.8 Å². The highest BCUT2D eigenvalue weighted by Crippen LogP contribution is 2.52. The average Bonchev–Trinajstić information content (AvgIpc) is 3.29. The average molecular weight is 574 g/mol. The van der Waals surface area contributed by atoms with Gasteiger partial charge in [0.2, 0.25) is 0 Å². The van der Waals surface area contributed by atoms with E-state index in [1.807, 2.05) is 0 Å². The zero-order chi connectivity index (χ0) is 28.2. The summed E-state index contributed by atoms with van der Waals surface area (Å²) in [7, 11) is -4.61. The van der Waals surface area contributed by atoms with E-state index in [1.54, 1.807) is 0 Å². The van der Waals surface area contributed by atoms with Gasteiger partial charge in [-0.15, -0.1) is 11.8 Å². The molecule has 1 spiro atoms. The molecule has 2 aliphatic heterocycles. The molecule has 3 unspecified atom stereocenters. The number of carbonyl (C=O) groups is 1. The first-order chi connectivity index (χ1) is 16.7. The van der Waals surface area contributed by atoms with Gasteiger partial charge >= 0.3 is 11.7 Å². The number of H-pyrrole nitrogens is 1. The third-order valence-corrected chi connectivity index (χ3v) is 19.0. The molecule has 5 atom stereocenters. The number of thioether (sulfide) groups is 1. The van der Waals surface area contributed by atoms with Crippen LogP contribution in [0, 0.1) is 0 Å². The Morgan fingerprint density at radius 2 is 1.76 bits per heavy atom. The molecule has 3 heterocycles. The summed E-state index contributed by atoms with van der Waals surface area (Å²) in [5.74, 6) is -0.635. The highest BCUT2D eigenvalue weighted by atomic mass is 32.2. The van der Waals surface area contributed by atoms with Crippen LogP contribution in [0.3, 0.4) is 0 Å². The molecule has 0 saturated carbocycles. The maximum absolute atomic E-state index is 12.9. The van der Waals surface area contributed by atoms with Crippen LogP contribution in [0.2, 0.25) is 36.3 Å². The molecule has 2 saturated heterocycles. The number of carboxylic acids is 1. The molecule has 3 N–H and O–H groups in total. The second-order valence-corrected chi connectivity index (χ2v) is 23.9. The zero-order valence-electron chi connectivity index (χ0n) is 23.6. The van der Waals surface area contributed by atoms with Gasteiger partial charge in [0, 0.05) is 18.0 Å². The molecule has 210 valence electrons. The fourth-order valence-corrected chi connectivity index (χ4v) is 7.85. The van der Waals surface area contributed by atoms with Crippen LogP contribution in [0.15, 0.2) is 21.9 Å². The van der Waals surface area contributed by atoms with Gasteiger partial charge in [-0.1, -0.05) is 41.5 Å². The molecule has 0 aromatic carbocycles. The molecule has 2 aliphatic rings. The number of aromatic nitrogens is 2. The highest BCUT2D eigenvalue weighted by Gasteiger charge is 2.64. The molecule has 0 amide bonds. The molecule has 10 nitrogen and oxygen atoms in total. The minimum Gasteiger partial charge on any atom is -0.480 e. The summed E-state index contributed by atoms with van der Waals surface area (Å²) in [6.07, 6.45) is -0.791. The SMILES string of the molecule is CC(C)(C)[Si](C)(C)OCC1OC(n2ccc(=O)[nH]c2=O)C(O[Si](C)(C)C(C)(C)C)[C@]12N[C@H](C(=O)O)CS2. The van der Waals surface area contributed by atoms with Gasteiger partial charge in [0.15, 0.2) is 22.9 Å². The summed E-state index contributed by atoms with van der Waals surface area (Å²) >= 11 is 1.45. The van der Waals surface area contributed by atoms with E-state index in [9.17, 15) is 19.5 Å². The van der Waals surface area contributed by atoms with Crippen molar-refractivity contribution in [2.45, 2.75) is 107 Å². The van der Waals surface area contributed by atoms with E-state index < -0.39 is 63.2 Å². The summed E-state index contributed by atoms with van der Waals surface area (Å²) in [5.41, 5.74) is -1.12. The van der Waals surface area contributed by atoms with Crippen LogP contribution in [0.4, 0.5) is 0 Å². The van der Waals surface area contributed by atoms with E-state index in [4.69, 9.17) is 13.6 Å². The Morgan fingerprint density at radius 3 is 2.24 bits per heavy atom. The van der Waals surface area contributed by atoms with Gasteiger partial charge in [-0.25, -0.2) is 4.79 Å². The number of hydrogen-bond donors (Lipinski definition) is 3. The van der Waals surface area contributed by atoms with E-state index in [0.29, 0.717) is 5.75 Å². The smallest absolute Gasteiger partial charge is 0.330 e. The Balaban J connectivity index is 2.13. The fourth-order valence-electron chi connectivity index (χ4n) is 3.94. The van der Waals surface area contributed by atoms with Crippen molar-refractivity contribution in [1.29, 1.82) is 0 Å². The molecule has 1 aromatic rings. The van der Waals surface area contributed by atoms with Gasteiger partial charge in [0.1, 0.15) is 23.1 Å². The van der Waals surface area contributed by atoms with Crippen LogP contribution in [0.5, 0.6) is 0 Å². The molecular formula is C24H43N3O7SSi2. The standard InChI is InChI=1S/C24H43N3O7SSi2/c1-22(2,3)36(7,8)32-13-16-24(26-15(14-35-24)20(29)30)18(34-37(9,10)23(4,5)6)19(33-16)27-12-11-17(28)25-21(27)31/h11-12,15-16,18-19,26H,13-14H2,1-10H3,(H,29,30)(H,25,28,31)/t15-,16?,18?,19?,24-/m0/s1. The largest absolute Gasteiger partial charge is 0.480 e. The van der Waals surface area contributed by atoms with Crippen molar-refractivity contribution in [2.75, 3.05) is 12.4 Å². The van der Waals surface area contributed by atoms with Gasteiger partial charge in [-0.05, 0) is 36.3 Å². The first-order valence-corrected chi connectivity index (χ1v) is 19.5. The van der Waals surface area contributed by atoms with Crippen molar-refractivity contribution in [2.24, 2.45) is 0 Å². The van der Waals surface area contributed by atoms with Crippen LogP contribution < -0.4 is 16.6 Å². The van der Waals surface area contributed by atoms with Crippen molar-refractivity contribution in [3.8, 4) is 0 Å². The first kappa shape index (κ1) is 30.3. The van der Waals surface area contributed by atoms with Crippen molar-refractivity contribution in [3.05, 3.63) is 33.1 Å². The molecule has 3 rings (SSSR count). The molecule has 2 fully saturated rings. The topological polar surface area (TPSA) is 132 Å². The summed E-state index contributed by atoms with van der Waals surface area (Å²) in [6, 6.07) is 0.468. The zero-order valence-corrected chi connectivity index (χ0v) is 26.4. The summed E-state index contributed by atoms with van der Waals surface area (Å²) in [4.78, 5) is 38.1. The third kappa shape index (κ3) is 5.87. The lowest BCUT2D eigenvalue weighted by Crippen LogP contribution is -2.61. The lowest BCUT2D eigenvalue weighted by molar-refractivity contribution is -0.139. The van der Waals surface area contributed by atoms with Crippen LogP contribution in [-0.2, 0) is 18.4 Å². The fraction of sp³-hybridized carbons (Fsp3) is 0.792. The minimum atomic E-state index is -2.43. The van der Waals surface area contributed by atoms with Gasteiger partial charge < -0.3 is 18.7 Å². The highest BCUT2D eigenvalue weighted by molar-refractivity contribution is 8.01. The lowest BCUT2D eigenvalue weighted by Gasteiger charge is -2.44. The molecular weight excluding hydrogens is 531 g/mol. The van der Waals surface area contributed by atoms with Crippen molar-refractivity contribution < 1.29 is 23.5 Å². The number of carboxylic acid groups (broad SMARTS) is 1. The quantitative estimate of drug-likeness (QED) is 0.420. The second-order valence-electron chi connectivity index (χ2n) is 13.0. The van der Waals surface area contributed by atoms with Crippen LogP contribution in [0.25, 0.3) is 0 Å². The second kappa shape index (κ2) is 10.1. The van der Waals surface area contributed by atoms with Crippen molar-refractivity contribution in [3.63, 3.8) is 0 Å². The Morgan fingerprint density at radius 1 is 1.16 bits per heavy atom. The molecule has 0 radical (unpaired) electrons. The predicted molar refractivity (Wildman–Crippen MR) is 150 cm³/mol. The van der Waals surface area contributed by atoms with E-state index >= 15 is 0 Å². The Labute approximate surface area is 225 Å². The third-order valence-electron chi connectivity index (χ3n) is 8.41. The van der Waals surface area contributed by atoms with Gasteiger partial charge in [0.05, 0.1) is 6.61 Å². The number of aromatic amines is 1. The van der Waals surface area contributed by atoms with Crippen LogP contribution in [-0.4, -0.2) is 72.7 Å². The summed E-state index contributed by atoms with van der Waals surface area (Å²) < 4.78 is 21.4. The number of aliphatic carboxylic acids is 1. The van der Waals surface area contributed by atoms with Crippen molar-refractivity contribution in [1.82, 2.24) is 14.9 Å². The van der Waals surface area contributed by atoms with Gasteiger partial charge in [0.25, 0.3) is 5.56 Å². The Kier molecular flexibility index (Phi) is 8.25. The van der Waals surface area contributed by atoms with E-state index in [2.05, 4.69) is 78.0 Å². The van der Waals surface area contributed by atoms with E-state index in [1.165, 1.54) is 28.6 Å². The normalized spacial score (nSPS) is 29.2. The van der Waals surface area contributed by atoms with Crippen LogP contribution in [0.1, 0.15) is 47.8 Å².